The van der Waals surface area contributed by atoms with Crippen molar-refractivity contribution in [3.05, 3.63) is 52.3 Å². The molecule has 1 saturated carbocycles. The van der Waals surface area contributed by atoms with Crippen molar-refractivity contribution in [1.29, 1.82) is 0 Å². The molecule has 6 nitrogen and oxygen atoms in total. The summed E-state index contributed by atoms with van der Waals surface area (Å²) in [5.74, 6) is -1.33. The summed E-state index contributed by atoms with van der Waals surface area (Å²) in [5.41, 5.74) is 5.58. The van der Waals surface area contributed by atoms with Gasteiger partial charge in [-0.1, -0.05) is 12.1 Å². The van der Waals surface area contributed by atoms with Crippen molar-refractivity contribution in [1.82, 2.24) is 4.57 Å². The smallest absolute Gasteiger partial charge is 0.311 e. The lowest BCUT2D eigenvalue weighted by Gasteiger charge is -2.20. The average molecular weight is 408 g/mol. The molecule has 1 aliphatic heterocycles. The van der Waals surface area contributed by atoms with Gasteiger partial charge >= 0.3 is 5.97 Å². The predicted octanol–water partition coefficient (Wildman–Crippen LogP) is 3.84. The molecule has 2 fully saturated rings. The summed E-state index contributed by atoms with van der Waals surface area (Å²) in [6.07, 6.45) is 2.40. The van der Waals surface area contributed by atoms with Crippen molar-refractivity contribution in [2.45, 2.75) is 53.0 Å². The quantitative estimate of drug-likeness (QED) is 0.538. The Bertz CT molecular complexity index is 1030. The van der Waals surface area contributed by atoms with Crippen LogP contribution in [0, 0.1) is 33.6 Å². The van der Waals surface area contributed by atoms with Crippen LogP contribution in [0.5, 0.6) is 0 Å². The van der Waals surface area contributed by atoms with Gasteiger partial charge in [-0.25, -0.2) is 0 Å². The first-order valence-corrected chi connectivity index (χ1v) is 10.5. The molecular weight excluding hydrogens is 380 g/mol. The van der Waals surface area contributed by atoms with E-state index in [0.717, 1.165) is 41.0 Å². The molecule has 30 heavy (non-hydrogen) atoms. The summed E-state index contributed by atoms with van der Waals surface area (Å²) in [5, 5.41) is 0. The van der Waals surface area contributed by atoms with Gasteiger partial charge in [-0.3, -0.25) is 14.4 Å². The number of amides is 1. The van der Waals surface area contributed by atoms with E-state index in [1.165, 1.54) is 0 Å². The number of ketones is 1. The fraction of sp³-hybridized carbons (Fsp3) is 0.458. The van der Waals surface area contributed by atoms with Crippen molar-refractivity contribution in [2.75, 3.05) is 18.1 Å². The van der Waals surface area contributed by atoms with E-state index < -0.39 is 11.9 Å². The molecule has 0 radical (unpaired) electrons. The summed E-state index contributed by atoms with van der Waals surface area (Å²) >= 11 is 0. The van der Waals surface area contributed by atoms with Gasteiger partial charge < -0.3 is 14.2 Å². The van der Waals surface area contributed by atoms with Crippen LogP contribution >= 0.6 is 0 Å². The Morgan fingerprint density at radius 1 is 1.13 bits per heavy atom. The minimum Gasteiger partial charge on any atom is -0.457 e. The van der Waals surface area contributed by atoms with E-state index in [4.69, 9.17) is 4.74 Å². The lowest BCUT2D eigenvalue weighted by Crippen LogP contribution is -2.28. The van der Waals surface area contributed by atoms with Gasteiger partial charge in [-0.2, -0.15) is 0 Å². The first-order chi connectivity index (χ1) is 14.3. The zero-order valence-electron chi connectivity index (χ0n) is 18.0. The van der Waals surface area contributed by atoms with E-state index in [-0.39, 0.29) is 31.3 Å². The fourth-order valence-electron chi connectivity index (χ4n) is 4.41. The molecule has 1 aliphatic carbocycles. The van der Waals surface area contributed by atoms with E-state index in [9.17, 15) is 14.4 Å². The molecule has 1 saturated heterocycles. The highest BCUT2D eigenvalue weighted by Crippen LogP contribution is 2.38. The van der Waals surface area contributed by atoms with E-state index in [2.05, 4.69) is 4.57 Å². The van der Waals surface area contributed by atoms with Crippen molar-refractivity contribution in [3.8, 4) is 0 Å². The van der Waals surface area contributed by atoms with E-state index >= 15 is 0 Å². The highest BCUT2D eigenvalue weighted by molar-refractivity contribution is 6.01. The Kier molecular flexibility index (Phi) is 5.26. The van der Waals surface area contributed by atoms with Crippen LogP contribution in [0.15, 0.2) is 24.3 Å². The van der Waals surface area contributed by atoms with Gasteiger partial charge in [0.1, 0.15) is 0 Å². The lowest BCUT2D eigenvalue weighted by atomic mass is 10.1. The van der Waals surface area contributed by atoms with Crippen LogP contribution in [0.25, 0.3) is 0 Å². The first kappa shape index (κ1) is 20.4. The summed E-state index contributed by atoms with van der Waals surface area (Å²) in [7, 11) is 0. The molecule has 2 heterocycles. The maximum Gasteiger partial charge on any atom is 0.311 e. The molecule has 1 aromatic heterocycles. The second-order valence-electron chi connectivity index (χ2n) is 8.54. The third-order valence-corrected chi connectivity index (χ3v) is 6.37. The lowest BCUT2D eigenvalue weighted by molar-refractivity contribution is -0.147. The maximum absolute atomic E-state index is 12.7. The van der Waals surface area contributed by atoms with Gasteiger partial charge in [-0.15, -0.1) is 0 Å². The molecule has 6 heteroatoms. The topological polar surface area (TPSA) is 68.6 Å². The Labute approximate surface area is 176 Å². The number of anilines is 1. The number of carbonyl (C=O) groups is 3. The number of benzene rings is 1. The van der Waals surface area contributed by atoms with Gasteiger partial charge in [0, 0.05) is 41.6 Å². The minimum absolute atomic E-state index is 0.0926. The normalized spacial score (nSPS) is 18.7. The maximum atomic E-state index is 12.7. The van der Waals surface area contributed by atoms with Gasteiger partial charge in [0.25, 0.3) is 0 Å². The number of esters is 1. The van der Waals surface area contributed by atoms with Crippen LogP contribution in [-0.2, 0) is 14.3 Å². The second kappa shape index (κ2) is 7.74. The van der Waals surface area contributed by atoms with Crippen LogP contribution in [-0.4, -0.2) is 35.4 Å². The highest BCUT2D eigenvalue weighted by atomic mass is 16.5. The number of aryl methyl sites for hydroxylation is 2. The molecule has 1 atom stereocenters. The number of nitrogens with zero attached hydrogens (tertiary/aromatic N) is 2. The zero-order valence-corrected chi connectivity index (χ0v) is 18.0. The molecule has 1 aromatic carbocycles. The van der Waals surface area contributed by atoms with Gasteiger partial charge in [0.15, 0.2) is 6.61 Å². The molecule has 0 unspecified atom stereocenters. The Morgan fingerprint density at radius 3 is 2.57 bits per heavy atom. The van der Waals surface area contributed by atoms with Crippen LogP contribution in [0.2, 0.25) is 0 Å². The van der Waals surface area contributed by atoms with Crippen molar-refractivity contribution in [2.24, 2.45) is 5.92 Å². The summed E-state index contributed by atoms with van der Waals surface area (Å²) in [6.45, 7) is 7.91. The van der Waals surface area contributed by atoms with E-state index in [1.807, 2.05) is 52.0 Å². The monoisotopic (exact) mass is 408 g/mol. The molecule has 0 bridgehead atoms. The summed E-state index contributed by atoms with van der Waals surface area (Å²) in [4.78, 5) is 39.4. The fourth-order valence-corrected chi connectivity index (χ4v) is 4.41. The van der Waals surface area contributed by atoms with Gasteiger partial charge in [0.05, 0.1) is 5.92 Å². The Hall–Kier alpha value is -2.89. The number of ether oxygens (including phenoxy) is 1. The van der Waals surface area contributed by atoms with Crippen molar-refractivity contribution >= 4 is 23.3 Å². The number of hydrogen-bond donors (Lipinski definition) is 0. The third-order valence-electron chi connectivity index (χ3n) is 6.37. The largest absolute Gasteiger partial charge is 0.457 e. The summed E-state index contributed by atoms with van der Waals surface area (Å²) in [6, 6.07) is 8.18. The van der Waals surface area contributed by atoms with E-state index in [0.29, 0.717) is 11.6 Å². The predicted molar refractivity (Wildman–Crippen MR) is 114 cm³/mol. The van der Waals surface area contributed by atoms with Crippen LogP contribution in [0.3, 0.4) is 0 Å². The van der Waals surface area contributed by atoms with Crippen molar-refractivity contribution < 1.29 is 19.1 Å². The molecule has 2 aliphatic rings. The first-order valence-electron chi connectivity index (χ1n) is 10.5. The van der Waals surface area contributed by atoms with E-state index in [1.54, 1.807) is 4.90 Å². The van der Waals surface area contributed by atoms with Crippen LogP contribution in [0.4, 0.5) is 5.69 Å². The highest BCUT2D eigenvalue weighted by Gasteiger charge is 2.37. The van der Waals surface area contributed by atoms with Gasteiger partial charge in [0.2, 0.25) is 11.7 Å². The van der Waals surface area contributed by atoms with Crippen LogP contribution in [0.1, 0.15) is 58.2 Å². The zero-order chi connectivity index (χ0) is 21.6. The molecule has 4 rings (SSSR count). The Morgan fingerprint density at radius 2 is 1.87 bits per heavy atom. The number of Topliss-reactive ketones (excluding diaryl/α,β-unsaturated/α-hetero) is 1. The summed E-state index contributed by atoms with van der Waals surface area (Å²) < 4.78 is 7.53. The second-order valence-corrected chi connectivity index (χ2v) is 8.54. The number of aromatic nitrogens is 1. The molecule has 1 amide bonds. The average Bonchev–Trinajstić information content (AvgIpc) is 3.39. The van der Waals surface area contributed by atoms with Crippen LogP contribution < -0.4 is 4.90 Å². The number of carbonyl (C=O) groups excluding carboxylic acids is 3. The van der Waals surface area contributed by atoms with Gasteiger partial charge in [-0.05, 0) is 63.8 Å². The molecule has 158 valence electrons. The minimum atomic E-state index is -0.552. The molecular formula is C24H28N2O4. The molecule has 2 aromatic rings. The Balaban J connectivity index is 1.39. The SMILES string of the molecule is Cc1cccc(N2C[C@@H](C(=O)OCC(=O)c3cc(C)n(C4CC4)c3C)CC2=O)c1C. The third kappa shape index (κ3) is 3.66. The van der Waals surface area contributed by atoms with Crippen molar-refractivity contribution in [3.63, 3.8) is 0 Å². The molecule has 0 spiro atoms. The number of hydrogen-bond acceptors (Lipinski definition) is 4. The standard InChI is InChI=1S/C24H28N2O4/c1-14-6-5-7-21(16(14)3)25-12-18(11-23(25)28)24(29)30-13-22(27)20-10-15(2)26(17(20)4)19-8-9-19/h5-7,10,18-19H,8-9,11-13H2,1-4H3/t18-/m0/s1. The number of rotatable bonds is 6. The molecule has 0 N–H and O–H groups in total.